The first kappa shape index (κ1) is 13.3. The van der Waals surface area contributed by atoms with Gasteiger partial charge in [0.15, 0.2) is 0 Å². The Bertz CT molecular complexity index is 236. The molecule has 0 spiro atoms. The quantitative estimate of drug-likeness (QED) is 0.769. The van der Waals surface area contributed by atoms with E-state index < -0.39 is 5.60 Å². The highest BCUT2D eigenvalue weighted by Crippen LogP contribution is 2.35. The van der Waals surface area contributed by atoms with Crippen molar-refractivity contribution < 1.29 is 5.11 Å². The number of likely N-dealkylation sites (tertiary alicyclic amines) is 1. The minimum absolute atomic E-state index is 0.370. The molecule has 2 rings (SSSR count). The summed E-state index contributed by atoms with van der Waals surface area (Å²) < 4.78 is 0. The van der Waals surface area contributed by atoms with Crippen LogP contribution in [0.4, 0.5) is 0 Å². The Morgan fingerprint density at radius 2 is 1.94 bits per heavy atom. The fraction of sp³-hybridized carbons (Fsp3) is 1.00. The van der Waals surface area contributed by atoms with E-state index in [4.69, 9.17) is 5.73 Å². The van der Waals surface area contributed by atoms with Crippen LogP contribution in [0.5, 0.6) is 0 Å². The molecule has 2 fully saturated rings. The molecule has 2 aliphatic rings. The van der Waals surface area contributed by atoms with E-state index in [0.29, 0.717) is 6.54 Å². The highest BCUT2D eigenvalue weighted by atomic mass is 16.3. The number of rotatable bonds is 5. The van der Waals surface area contributed by atoms with Gasteiger partial charge in [0.2, 0.25) is 0 Å². The van der Waals surface area contributed by atoms with Gasteiger partial charge < -0.3 is 15.7 Å². The third-order valence-corrected chi connectivity index (χ3v) is 4.74. The van der Waals surface area contributed by atoms with Gasteiger partial charge in [-0.1, -0.05) is 12.8 Å². The van der Waals surface area contributed by atoms with Crippen LogP contribution in [0.3, 0.4) is 0 Å². The third-order valence-electron chi connectivity index (χ3n) is 4.74. The second-order valence-corrected chi connectivity index (χ2v) is 6.24. The van der Waals surface area contributed by atoms with Crippen molar-refractivity contribution in [3.8, 4) is 0 Å². The van der Waals surface area contributed by atoms with Crippen LogP contribution in [0.1, 0.15) is 51.9 Å². The molecule has 3 nitrogen and oxygen atoms in total. The summed E-state index contributed by atoms with van der Waals surface area (Å²) in [5.74, 6) is 0.931. The standard InChI is InChI=1S/C14H28N2O/c1-14(17,11-15)8-10-16-9-4-7-13(16)12-5-2-3-6-12/h12-13,17H,2-11,15H2,1H3. The van der Waals surface area contributed by atoms with Crippen molar-refractivity contribution in [2.45, 2.75) is 63.5 Å². The van der Waals surface area contributed by atoms with Gasteiger partial charge in [-0.25, -0.2) is 0 Å². The second kappa shape index (κ2) is 5.68. The summed E-state index contributed by atoms with van der Waals surface area (Å²) in [4.78, 5) is 2.61. The number of hydrogen-bond acceptors (Lipinski definition) is 3. The predicted octanol–water partition coefficient (Wildman–Crippen LogP) is 1.74. The van der Waals surface area contributed by atoms with E-state index in [-0.39, 0.29) is 0 Å². The maximum atomic E-state index is 9.98. The molecule has 0 aromatic carbocycles. The summed E-state index contributed by atoms with van der Waals surface area (Å²) in [6.45, 7) is 4.47. The predicted molar refractivity (Wildman–Crippen MR) is 70.8 cm³/mol. The lowest BCUT2D eigenvalue weighted by Crippen LogP contribution is -2.41. The van der Waals surface area contributed by atoms with E-state index in [0.717, 1.165) is 24.9 Å². The Hall–Kier alpha value is -0.120. The summed E-state index contributed by atoms with van der Waals surface area (Å²) in [5.41, 5.74) is 4.90. The zero-order valence-electron chi connectivity index (χ0n) is 11.2. The lowest BCUT2D eigenvalue weighted by atomic mass is 9.95. The molecule has 1 saturated carbocycles. The molecular formula is C14H28N2O. The van der Waals surface area contributed by atoms with Gasteiger partial charge in [-0.05, 0) is 51.5 Å². The monoisotopic (exact) mass is 240 g/mol. The van der Waals surface area contributed by atoms with Gasteiger partial charge in [-0.3, -0.25) is 0 Å². The van der Waals surface area contributed by atoms with E-state index in [1.165, 1.54) is 45.1 Å². The van der Waals surface area contributed by atoms with Crippen LogP contribution in [0.25, 0.3) is 0 Å². The van der Waals surface area contributed by atoms with Crippen molar-refractivity contribution in [1.29, 1.82) is 0 Å². The van der Waals surface area contributed by atoms with Crippen molar-refractivity contribution in [3.05, 3.63) is 0 Å². The molecule has 3 N–H and O–H groups in total. The minimum Gasteiger partial charge on any atom is -0.389 e. The molecule has 1 aliphatic heterocycles. The van der Waals surface area contributed by atoms with Gasteiger partial charge in [0.25, 0.3) is 0 Å². The van der Waals surface area contributed by atoms with Crippen LogP contribution in [0.15, 0.2) is 0 Å². The van der Waals surface area contributed by atoms with Gasteiger partial charge in [-0.15, -0.1) is 0 Å². The van der Waals surface area contributed by atoms with E-state index in [2.05, 4.69) is 4.90 Å². The summed E-state index contributed by atoms with van der Waals surface area (Å²) in [6, 6.07) is 0.797. The summed E-state index contributed by atoms with van der Waals surface area (Å²) in [6.07, 6.45) is 9.22. The largest absolute Gasteiger partial charge is 0.389 e. The average Bonchev–Trinajstić information content (AvgIpc) is 2.96. The molecule has 100 valence electrons. The summed E-state index contributed by atoms with van der Waals surface area (Å²) in [7, 11) is 0. The Kier molecular flexibility index (Phi) is 4.45. The first-order valence-electron chi connectivity index (χ1n) is 7.29. The molecule has 0 aromatic heterocycles. The SMILES string of the molecule is CC(O)(CN)CCN1CCCC1C1CCCC1. The van der Waals surface area contributed by atoms with Crippen molar-refractivity contribution in [1.82, 2.24) is 4.90 Å². The smallest absolute Gasteiger partial charge is 0.0753 e. The van der Waals surface area contributed by atoms with Crippen LogP contribution >= 0.6 is 0 Å². The van der Waals surface area contributed by atoms with E-state index in [1.807, 2.05) is 6.92 Å². The molecule has 0 radical (unpaired) electrons. The van der Waals surface area contributed by atoms with Crippen molar-refractivity contribution >= 4 is 0 Å². The fourth-order valence-electron chi connectivity index (χ4n) is 3.49. The highest BCUT2D eigenvalue weighted by molar-refractivity contribution is 4.88. The van der Waals surface area contributed by atoms with Crippen molar-refractivity contribution in [2.75, 3.05) is 19.6 Å². The summed E-state index contributed by atoms with van der Waals surface area (Å²) >= 11 is 0. The van der Waals surface area contributed by atoms with Crippen molar-refractivity contribution in [3.63, 3.8) is 0 Å². The molecule has 0 bridgehead atoms. The molecular weight excluding hydrogens is 212 g/mol. The van der Waals surface area contributed by atoms with Gasteiger partial charge in [0.1, 0.15) is 0 Å². The van der Waals surface area contributed by atoms with Crippen molar-refractivity contribution in [2.24, 2.45) is 11.7 Å². The van der Waals surface area contributed by atoms with Crippen LogP contribution in [-0.2, 0) is 0 Å². The van der Waals surface area contributed by atoms with Gasteiger partial charge in [-0.2, -0.15) is 0 Å². The first-order valence-corrected chi connectivity index (χ1v) is 7.29. The average molecular weight is 240 g/mol. The fourth-order valence-corrected chi connectivity index (χ4v) is 3.49. The van der Waals surface area contributed by atoms with E-state index in [1.54, 1.807) is 0 Å². The van der Waals surface area contributed by atoms with Crippen LogP contribution in [0, 0.1) is 5.92 Å². The molecule has 0 aromatic rings. The zero-order chi connectivity index (χ0) is 12.3. The minimum atomic E-state index is -0.678. The molecule has 3 heteroatoms. The highest BCUT2D eigenvalue weighted by Gasteiger charge is 2.33. The van der Waals surface area contributed by atoms with Gasteiger partial charge in [0.05, 0.1) is 5.60 Å². The molecule has 2 atom stereocenters. The molecule has 1 aliphatic carbocycles. The maximum absolute atomic E-state index is 9.98. The van der Waals surface area contributed by atoms with Crippen LogP contribution in [0.2, 0.25) is 0 Å². The molecule has 0 amide bonds. The summed E-state index contributed by atoms with van der Waals surface area (Å²) in [5, 5.41) is 9.98. The molecule has 2 unspecified atom stereocenters. The third kappa shape index (κ3) is 3.43. The Morgan fingerprint density at radius 3 is 2.59 bits per heavy atom. The lowest BCUT2D eigenvalue weighted by Gasteiger charge is -2.32. The maximum Gasteiger partial charge on any atom is 0.0753 e. The number of nitrogens with two attached hydrogens (primary N) is 1. The zero-order valence-corrected chi connectivity index (χ0v) is 11.2. The topological polar surface area (TPSA) is 49.5 Å². The normalized spacial score (nSPS) is 30.9. The molecule has 1 saturated heterocycles. The van der Waals surface area contributed by atoms with Crippen LogP contribution < -0.4 is 5.73 Å². The van der Waals surface area contributed by atoms with Crippen LogP contribution in [-0.4, -0.2) is 41.3 Å². The van der Waals surface area contributed by atoms with Gasteiger partial charge >= 0.3 is 0 Å². The molecule has 1 heterocycles. The first-order chi connectivity index (χ1) is 8.12. The van der Waals surface area contributed by atoms with Gasteiger partial charge in [0, 0.05) is 19.1 Å². The molecule has 17 heavy (non-hydrogen) atoms. The Labute approximate surface area is 105 Å². The lowest BCUT2D eigenvalue weighted by molar-refractivity contribution is 0.0426. The van der Waals surface area contributed by atoms with E-state index in [9.17, 15) is 5.11 Å². The van der Waals surface area contributed by atoms with E-state index >= 15 is 0 Å². The Morgan fingerprint density at radius 1 is 1.24 bits per heavy atom. The number of aliphatic hydroxyl groups is 1. The number of nitrogens with zero attached hydrogens (tertiary/aromatic N) is 1. The number of hydrogen-bond donors (Lipinski definition) is 2. The Balaban J connectivity index is 1.82. The second-order valence-electron chi connectivity index (χ2n) is 6.24.